The second-order valence-corrected chi connectivity index (χ2v) is 9.39. The van der Waals surface area contributed by atoms with Crippen LogP contribution in [0.25, 0.3) is 0 Å². The summed E-state index contributed by atoms with van der Waals surface area (Å²) in [6, 6.07) is 12.9. The fourth-order valence-electron chi connectivity index (χ4n) is 3.14. The predicted octanol–water partition coefficient (Wildman–Crippen LogP) is 3.25. The number of benzene rings is 2. The Labute approximate surface area is 188 Å². The van der Waals surface area contributed by atoms with Gasteiger partial charge in [0.15, 0.2) is 0 Å². The van der Waals surface area contributed by atoms with Crippen molar-refractivity contribution in [3.8, 4) is 0 Å². The summed E-state index contributed by atoms with van der Waals surface area (Å²) in [5, 5.41) is 6.16. The maximum atomic E-state index is 12.6. The third-order valence-corrected chi connectivity index (χ3v) is 7.11. The monoisotopic (exact) mass is 465 g/mol. The highest BCUT2D eigenvalue weighted by atomic mass is 35.5. The highest BCUT2D eigenvalue weighted by molar-refractivity contribution is 7.89. The Morgan fingerprint density at radius 2 is 1.58 bits per heavy atom. The Morgan fingerprint density at radius 1 is 1.00 bits per heavy atom. The summed E-state index contributed by atoms with van der Waals surface area (Å²) in [7, 11) is -3.51. The summed E-state index contributed by atoms with van der Waals surface area (Å²) in [6.07, 6.45) is 0.0651. The molecule has 0 fully saturated rings. The highest BCUT2D eigenvalue weighted by Gasteiger charge is 2.21. The lowest BCUT2D eigenvalue weighted by Crippen LogP contribution is -2.32. The van der Waals surface area contributed by atoms with E-state index < -0.39 is 16.1 Å². The Hall–Kier alpha value is -2.42. The molecule has 0 aromatic heterocycles. The van der Waals surface area contributed by atoms with Gasteiger partial charge in [0, 0.05) is 31.6 Å². The van der Waals surface area contributed by atoms with Crippen LogP contribution in [0.2, 0.25) is 5.02 Å². The molecule has 2 rings (SSSR count). The first-order valence-electron chi connectivity index (χ1n) is 10.1. The van der Waals surface area contributed by atoms with Crippen molar-refractivity contribution < 1.29 is 18.0 Å². The number of nitrogens with one attached hydrogen (secondary N) is 2. The molecule has 0 spiro atoms. The van der Waals surface area contributed by atoms with Gasteiger partial charge in [-0.3, -0.25) is 9.59 Å². The van der Waals surface area contributed by atoms with E-state index in [1.165, 1.54) is 11.2 Å². The molecule has 31 heavy (non-hydrogen) atoms. The summed E-state index contributed by atoms with van der Waals surface area (Å²) in [4.78, 5) is 24.2. The fraction of sp³-hybridized carbons (Fsp3) is 0.364. The normalized spacial score (nSPS) is 12.4. The van der Waals surface area contributed by atoms with Crippen molar-refractivity contribution in [3.05, 3.63) is 64.7 Å². The summed E-state index contributed by atoms with van der Waals surface area (Å²) in [5.74, 6) is -0.480. The number of carbonyl (C=O) groups excluding carboxylic acids is 2. The van der Waals surface area contributed by atoms with Crippen molar-refractivity contribution in [2.45, 2.75) is 44.7 Å². The minimum absolute atomic E-state index is 0.0651. The average molecular weight is 466 g/mol. The fourth-order valence-corrected chi connectivity index (χ4v) is 4.73. The number of nitrogens with zero attached hydrogens (tertiary/aromatic N) is 1. The summed E-state index contributed by atoms with van der Waals surface area (Å²) >= 11 is 5.91. The summed E-state index contributed by atoms with van der Waals surface area (Å²) in [5.41, 5.74) is 1.55. The van der Waals surface area contributed by atoms with Crippen LogP contribution in [0, 0.1) is 0 Å². The van der Waals surface area contributed by atoms with Crippen molar-refractivity contribution in [1.82, 2.24) is 14.9 Å². The van der Waals surface area contributed by atoms with Gasteiger partial charge in [0.1, 0.15) is 0 Å². The van der Waals surface area contributed by atoms with E-state index in [4.69, 9.17) is 11.6 Å². The van der Waals surface area contributed by atoms with Crippen molar-refractivity contribution >= 4 is 33.4 Å². The summed E-state index contributed by atoms with van der Waals surface area (Å²) < 4.78 is 26.5. The van der Waals surface area contributed by atoms with Crippen LogP contribution in [0.3, 0.4) is 0 Å². The first-order valence-corrected chi connectivity index (χ1v) is 11.9. The molecule has 1 unspecified atom stereocenters. The van der Waals surface area contributed by atoms with Gasteiger partial charge in [0.2, 0.25) is 21.8 Å². The second kappa shape index (κ2) is 11.3. The highest BCUT2D eigenvalue weighted by Crippen LogP contribution is 2.20. The number of halogens is 1. The van der Waals surface area contributed by atoms with Crippen molar-refractivity contribution in [1.29, 1.82) is 0 Å². The van der Waals surface area contributed by atoms with E-state index >= 15 is 0 Å². The molecule has 1 atom stereocenters. The van der Waals surface area contributed by atoms with Gasteiger partial charge < -0.3 is 10.6 Å². The van der Waals surface area contributed by atoms with E-state index in [0.717, 1.165) is 11.1 Å². The third kappa shape index (κ3) is 7.05. The Balaban J connectivity index is 2.01. The van der Waals surface area contributed by atoms with Gasteiger partial charge in [0.25, 0.3) is 0 Å². The minimum atomic E-state index is -3.51. The molecule has 0 aliphatic heterocycles. The van der Waals surface area contributed by atoms with E-state index in [-0.39, 0.29) is 29.7 Å². The van der Waals surface area contributed by atoms with Gasteiger partial charge in [-0.15, -0.1) is 0 Å². The lowest BCUT2D eigenvalue weighted by Gasteiger charge is -2.19. The van der Waals surface area contributed by atoms with E-state index in [2.05, 4.69) is 10.6 Å². The number of rotatable bonds is 10. The Bertz CT molecular complexity index is 988. The lowest BCUT2D eigenvalue weighted by atomic mass is 10.0. The zero-order valence-corrected chi connectivity index (χ0v) is 19.5. The van der Waals surface area contributed by atoms with Gasteiger partial charge >= 0.3 is 0 Å². The molecule has 0 aliphatic carbocycles. The molecular weight excluding hydrogens is 438 g/mol. The molecule has 0 saturated carbocycles. The zero-order valence-electron chi connectivity index (χ0n) is 17.9. The van der Waals surface area contributed by atoms with Crippen molar-refractivity contribution in [2.75, 3.05) is 13.1 Å². The maximum Gasteiger partial charge on any atom is 0.243 e. The van der Waals surface area contributed by atoms with E-state index in [0.29, 0.717) is 18.1 Å². The molecule has 2 amide bonds. The number of carbonyl (C=O) groups is 2. The van der Waals surface area contributed by atoms with Crippen LogP contribution in [0.15, 0.2) is 53.4 Å². The van der Waals surface area contributed by atoms with E-state index in [9.17, 15) is 18.0 Å². The van der Waals surface area contributed by atoms with Crippen LogP contribution in [-0.2, 0) is 26.2 Å². The van der Waals surface area contributed by atoms with Crippen LogP contribution < -0.4 is 10.6 Å². The molecule has 9 heteroatoms. The van der Waals surface area contributed by atoms with Gasteiger partial charge in [-0.05, 0) is 35.4 Å². The smallest absolute Gasteiger partial charge is 0.243 e. The van der Waals surface area contributed by atoms with Crippen LogP contribution in [-0.4, -0.2) is 37.6 Å². The van der Waals surface area contributed by atoms with Crippen LogP contribution in [0.4, 0.5) is 0 Å². The Kier molecular flexibility index (Phi) is 9.03. The average Bonchev–Trinajstić information content (AvgIpc) is 2.73. The molecule has 0 bridgehead atoms. The summed E-state index contributed by atoms with van der Waals surface area (Å²) in [6.45, 7) is 6.04. The quantitative estimate of drug-likeness (QED) is 0.563. The van der Waals surface area contributed by atoms with Crippen LogP contribution >= 0.6 is 11.6 Å². The van der Waals surface area contributed by atoms with Crippen molar-refractivity contribution in [2.24, 2.45) is 0 Å². The molecule has 0 radical (unpaired) electrons. The molecule has 168 valence electrons. The molecule has 0 aliphatic rings. The topological polar surface area (TPSA) is 95.6 Å². The molecule has 2 N–H and O–H groups in total. The first kappa shape index (κ1) is 24.8. The SMILES string of the molecule is CCN(CC)S(=O)(=O)c1ccc(CNC(=O)CC(NC(C)=O)c2ccc(Cl)cc2)cc1. The second-order valence-electron chi connectivity index (χ2n) is 7.02. The molecule has 7 nitrogen and oxygen atoms in total. The van der Waals surface area contributed by atoms with Gasteiger partial charge in [-0.1, -0.05) is 49.7 Å². The van der Waals surface area contributed by atoms with Crippen LogP contribution in [0.1, 0.15) is 44.4 Å². The maximum absolute atomic E-state index is 12.6. The molecule has 0 heterocycles. The largest absolute Gasteiger partial charge is 0.352 e. The van der Waals surface area contributed by atoms with E-state index in [1.54, 1.807) is 62.4 Å². The lowest BCUT2D eigenvalue weighted by molar-refractivity contribution is -0.122. The number of hydrogen-bond donors (Lipinski definition) is 2. The Morgan fingerprint density at radius 3 is 2.10 bits per heavy atom. The molecular formula is C22H28ClN3O4S. The zero-order chi connectivity index (χ0) is 23.0. The first-order chi connectivity index (χ1) is 14.7. The molecule has 0 saturated heterocycles. The molecule has 2 aromatic rings. The molecule has 2 aromatic carbocycles. The third-order valence-electron chi connectivity index (χ3n) is 4.80. The standard InChI is InChI=1S/C22H28ClN3O4S/c1-4-26(5-2)31(29,30)20-12-6-17(7-13-20)15-24-22(28)14-21(25-16(3)27)18-8-10-19(23)11-9-18/h6-13,21H,4-5,14-15H2,1-3H3,(H,24,28)(H,25,27). The number of sulfonamides is 1. The van der Waals surface area contributed by atoms with Crippen molar-refractivity contribution in [3.63, 3.8) is 0 Å². The van der Waals surface area contributed by atoms with Gasteiger partial charge in [0.05, 0.1) is 17.4 Å². The van der Waals surface area contributed by atoms with Gasteiger partial charge in [-0.2, -0.15) is 4.31 Å². The predicted molar refractivity (Wildman–Crippen MR) is 121 cm³/mol. The number of hydrogen-bond acceptors (Lipinski definition) is 4. The van der Waals surface area contributed by atoms with Crippen LogP contribution in [0.5, 0.6) is 0 Å². The van der Waals surface area contributed by atoms with Gasteiger partial charge in [-0.25, -0.2) is 8.42 Å². The minimum Gasteiger partial charge on any atom is -0.352 e. The number of amides is 2. The van der Waals surface area contributed by atoms with E-state index in [1.807, 2.05) is 0 Å².